The molecule has 1 atom stereocenters. The summed E-state index contributed by atoms with van der Waals surface area (Å²) in [7, 11) is 2.11. The molecule has 1 aromatic carbocycles. The Kier molecular flexibility index (Phi) is 4.80. The molecule has 0 aliphatic carbocycles. The van der Waals surface area contributed by atoms with Crippen LogP contribution >= 0.6 is 0 Å². The summed E-state index contributed by atoms with van der Waals surface area (Å²) < 4.78 is 5.51. The van der Waals surface area contributed by atoms with Crippen molar-refractivity contribution in [3.8, 4) is 5.75 Å². The van der Waals surface area contributed by atoms with Gasteiger partial charge >= 0.3 is 0 Å². The maximum absolute atomic E-state index is 11.7. The van der Waals surface area contributed by atoms with Crippen molar-refractivity contribution in [1.29, 1.82) is 0 Å². The van der Waals surface area contributed by atoms with Crippen molar-refractivity contribution in [3.05, 3.63) is 29.8 Å². The van der Waals surface area contributed by atoms with E-state index in [0.29, 0.717) is 5.92 Å². The molecular weight excluding hydrogens is 240 g/mol. The third-order valence-electron chi connectivity index (χ3n) is 3.53. The molecule has 1 N–H and O–H groups in total. The van der Waals surface area contributed by atoms with E-state index in [1.165, 1.54) is 0 Å². The van der Waals surface area contributed by atoms with Gasteiger partial charge in [-0.05, 0) is 44.5 Å². The fourth-order valence-electron chi connectivity index (χ4n) is 2.36. The third kappa shape index (κ3) is 4.24. The molecule has 104 valence electrons. The Bertz CT molecular complexity index is 434. The van der Waals surface area contributed by atoms with Gasteiger partial charge in [0.15, 0.2) is 6.61 Å². The highest BCUT2D eigenvalue weighted by Crippen LogP contribution is 2.16. The maximum Gasteiger partial charge on any atom is 0.257 e. The minimum atomic E-state index is -0.0437. The second kappa shape index (κ2) is 6.57. The molecule has 4 nitrogen and oxygen atoms in total. The predicted molar refractivity (Wildman–Crippen MR) is 75.3 cm³/mol. The van der Waals surface area contributed by atoms with Crippen LogP contribution in [0.15, 0.2) is 24.3 Å². The number of para-hydroxylation sites is 1. The maximum atomic E-state index is 11.7. The summed E-state index contributed by atoms with van der Waals surface area (Å²) in [5, 5.41) is 2.94. The van der Waals surface area contributed by atoms with Crippen LogP contribution in [-0.2, 0) is 4.79 Å². The average Bonchev–Trinajstić information content (AvgIpc) is 2.81. The van der Waals surface area contributed by atoms with Crippen LogP contribution in [0.25, 0.3) is 0 Å². The van der Waals surface area contributed by atoms with Crippen LogP contribution in [0.5, 0.6) is 5.75 Å². The topological polar surface area (TPSA) is 41.6 Å². The number of amides is 1. The summed E-state index contributed by atoms with van der Waals surface area (Å²) >= 11 is 0. The van der Waals surface area contributed by atoms with E-state index in [4.69, 9.17) is 4.74 Å². The van der Waals surface area contributed by atoms with Crippen LogP contribution in [0, 0.1) is 12.8 Å². The molecule has 4 heteroatoms. The van der Waals surface area contributed by atoms with E-state index in [1.54, 1.807) is 0 Å². The van der Waals surface area contributed by atoms with Crippen LogP contribution in [0.3, 0.4) is 0 Å². The highest BCUT2D eigenvalue weighted by Gasteiger charge is 2.19. The van der Waals surface area contributed by atoms with E-state index in [1.807, 2.05) is 31.2 Å². The zero-order chi connectivity index (χ0) is 13.7. The number of rotatable bonds is 5. The number of hydrogen-bond acceptors (Lipinski definition) is 3. The number of carbonyl (C=O) groups excluding carboxylic acids is 1. The number of benzene rings is 1. The SMILES string of the molecule is Cc1ccccc1OCC(=O)NCC1CCN(C)C1. The highest BCUT2D eigenvalue weighted by atomic mass is 16.5. The fourth-order valence-corrected chi connectivity index (χ4v) is 2.36. The van der Waals surface area contributed by atoms with E-state index in [0.717, 1.165) is 37.4 Å². The van der Waals surface area contributed by atoms with E-state index in [2.05, 4.69) is 17.3 Å². The van der Waals surface area contributed by atoms with Gasteiger partial charge in [0.2, 0.25) is 0 Å². The Hall–Kier alpha value is -1.55. The minimum absolute atomic E-state index is 0.0437. The van der Waals surface area contributed by atoms with Gasteiger partial charge in [-0.1, -0.05) is 18.2 Å². The third-order valence-corrected chi connectivity index (χ3v) is 3.53. The molecule has 0 spiro atoms. The van der Waals surface area contributed by atoms with Gasteiger partial charge in [0, 0.05) is 13.1 Å². The molecule has 1 heterocycles. The summed E-state index contributed by atoms with van der Waals surface area (Å²) in [5.41, 5.74) is 1.05. The smallest absolute Gasteiger partial charge is 0.257 e. The molecule has 0 saturated carbocycles. The molecule has 0 bridgehead atoms. The first-order valence-corrected chi connectivity index (χ1v) is 6.79. The van der Waals surface area contributed by atoms with Gasteiger partial charge in [-0.25, -0.2) is 0 Å². The lowest BCUT2D eigenvalue weighted by Crippen LogP contribution is -2.33. The number of likely N-dealkylation sites (tertiary alicyclic amines) is 1. The Morgan fingerprint density at radius 2 is 2.26 bits per heavy atom. The molecule has 0 radical (unpaired) electrons. The van der Waals surface area contributed by atoms with E-state index in [-0.39, 0.29) is 12.5 Å². The number of aryl methyl sites for hydroxylation is 1. The van der Waals surface area contributed by atoms with Crippen LogP contribution < -0.4 is 10.1 Å². The number of nitrogens with zero attached hydrogens (tertiary/aromatic N) is 1. The molecular formula is C15H22N2O2. The predicted octanol–water partition coefficient (Wildman–Crippen LogP) is 1.44. The minimum Gasteiger partial charge on any atom is -0.484 e. The van der Waals surface area contributed by atoms with Crippen molar-refractivity contribution in [1.82, 2.24) is 10.2 Å². The number of carbonyl (C=O) groups is 1. The summed E-state index contributed by atoms with van der Waals surface area (Å²) in [6.45, 7) is 5.01. The van der Waals surface area contributed by atoms with Gasteiger partial charge in [0.05, 0.1) is 0 Å². The summed E-state index contributed by atoms with van der Waals surface area (Å²) in [5.74, 6) is 1.31. The van der Waals surface area contributed by atoms with E-state index >= 15 is 0 Å². The first-order chi connectivity index (χ1) is 9.15. The average molecular weight is 262 g/mol. The Morgan fingerprint density at radius 3 is 2.95 bits per heavy atom. The number of ether oxygens (including phenoxy) is 1. The monoisotopic (exact) mass is 262 g/mol. The standard InChI is InChI=1S/C15H22N2O2/c1-12-5-3-4-6-14(12)19-11-15(18)16-9-13-7-8-17(2)10-13/h3-6,13H,7-11H2,1-2H3,(H,16,18). The lowest BCUT2D eigenvalue weighted by Gasteiger charge is -2.12. The molecule has 1 saturated heterocycles. The quantitative estimate of drug-likeness (QED) is 0.873. The first-order valence-electron chi connectivity index (χ1n) is 6.79. The van der Waals surface area contributed by atoms with Gasteiger partial charge in [-0.2, -0.15) is 0 Å². The second-order valence-corrected chi connectivity index (χ2v) is 5.28. The first kappa shape index (κ1) is 13.9. The summed E-state index contributed by atoms with van der Waals surface area (Å²) in [6, 6.07) is 7.73. The van der Waals surface area contributed by atoms with Gasteiger partial charge in [0.25, 0.3) is 5.91 Å². The van der Waals surface area contributed by atoms with Crippen LogP contribution in [-0.4, -0.2) is 44.1 Å². The van der Waals surface area contributed by atoms with Crippen molar-refractivity contribution >= 4 is 5.91 Å². The Morgan fingerprint density at radius 1 is 1.47 bits per heavy atom. The Balaban J connectivity index is 1.69. The van der Waals surface area contributed by atoms with E-state index in [9.17, 15) is 4.79 Å². The van der Waals surface area contributed by atoms with E-state index < -0.39 is 0 Å². The lowest BCUT2D eigenvalue weighted by molar-refractivity contribution is -0.123. The Labute approximate surface area is 114 Å². The molecule has 1 aromatic rings. The van der Waals surface area contributed by atoms with Crippen molar-refractivity contribution in [2.24, 2.45) is 5.92 Å². The number of hydrogen-bond donors (Lipinski definition) is 1. The molecule has 1 unspecified atom stereocenters. The molecule has 1 amide bonds. The lowest BCUT2D eigenvalue weighted by atomic mass is 10.1. The van der Waals surface area contributed by atoms with Crippen molar-refractivity contribution < 1.29 is 9.53 Å². The van der Waals surface area contributed by atoms with Gasteiger partial charge in [-0.3, -0.25) is 4.79 Å². The molecule has 19 heavy (non-hydrogen) atoms. The zero-order valence-electron chi connectivity index (χ0n) is 11.7. The van der Waals surface area contributed by atoms with Gasteiger partial charge in [0.1, 0.15) is 5.75 Å². The summed E-state index contributed by atoms with van der Waals surface area (Å²) in [4.78, 5) is 14.0. The van der Waals surface area contributed by atoms with Crippen molar-refractivity contribution in [2.45, 2.75) is 13.3 Å². The van der Waals surface area contributed by atoms with Crippen molar-refractivity contribution in [2.75, 3.05) is 33.3 Å². The second-order valence-electron chi connectivity index (χ2n) is 5.28. The highest BCUT2D eigenvalue weighted by molar-refractivity contribution is 5.77. The fraction of sp³-hybridized carbons (Fsp3) is 0.533. The van der Waals surface area contributed by atoms with Gasteiger partial charge in [-0.15, -0.1) is 0 Å². The molecule has 1 aliphatic heterocycles. The molecule has 0 aromatic heterocycles. The molecule has 2 rings (SSSR count). The molecule has 1 aliphatic rings. The van der Waals surface area contributed by atoms with Crippen molar-refractivity contribution in [3.63, 3.8) is 0 Å². The van der Waals surface area contributed by atoms with Crippen LogP contribution in [0.2, 0.25) is 0 Å². The van der Waals surface area contributed by atoms with Gasteiger partial charge < -0.3 is 15.0 Å². The number of nitrogens with one attached hydrogen (secondary N) is 1. The van der Waals surface area contributed by atoms with Crippen LogP contribution in [0.1, 0.15) is 12.0 Å². The normalized spacial score (nSPS) is 19.4. The summed E-state index contributed by atoms with van der Waals surface area (Å²) in [6.07, 6.45) is 1.16. The van der Waals surface area contributed by atoms with Crippen LogP contribution in [0.4, 0.5) is 0 Å². The largest absolute Gasteiger partial charge is 0.484 e. The zero-order valence-corrected chi connectivity index (χ0v) is 11.7. The molecule has 1 fully saturated rings.